The summed E-state index contributed by atoms with van der Waals surface area (Å²) >= 11 is 1.28. The first-order valence-electron chi connectivity index (χ1n) is 6.83. The van der Waals surface area contributed by atoms with Crippen molar-refractivity contribution in [2.45, 2.75) is 12.1 Å². The molecule has 1 aromatic carbocycles. The Hall–Kier alpha value is -2.74. The fourth-order valence-corrected chi connectivity index (χ4v) is 2.65. The van der Waals surface area contributed by atoms with Crippen LogP contribution in [0.1, 0.15) is 17.3 Å². The van der Waals surface area contributed by atoms with Crippen molar-refractivity contribution >= 4 is 34.9 Å². The molecule has 0 saturated heterocycles. The molecule has 0 aliphatic carbocycles. The summed E-state index contributed by atoms with van der Waals surface area (Å²) in [6.07, 6.45) is 3.43. The Morgan fingerprint density at radius 2 is 2.00 bits per heavy atom. The van der Waals surface area contributed by atoms with Crippen LogP contribution in [0.15, 0.2) is 47.9 Å². The summed E-state index contributed by atoms with van der Waals surface area (Å²) in [5.41, 5.74) is 1.26. The first-order valence-corrected chi connectivity index (χ1v) is 7.81. The van der Waals surface area contributed by atoms with E-state index in [1.54, 1.807) is 47.1 Å². The minimum absolute atomic E-state index is 0.00859. The van der Waals surface area contributed by atoms with Crippen LogP contribution in [0.25, 0.3) is 5.78 Å². The Bertz CT molecular complexity index is 860. The van der Waals surface area contributed by atoms with E-state index in [1.165, 1.54) is 18.7 Å². The van der Waals surface area contributed by atoms with E-state index in [4.69, 9.17) is 0 Å². The number of anilines is 1. The van der Waals surface area contributed by atoms with E-state index in [2.05, 4.69) is 20.5 Å². The van der Waals surface area contributed by atoms with E-state index in [-0.39, 0.29) is 17.4 Å². The lowest BCUT2D eigenvalue weighted by Crippen LogP contribution is -2.14. The number of nitrogens with zero attached hydrogens (tertiary/aromatic N) is 4. The summed E-state index contributed by atoms with van der Waals surface area (Å²) in [4.78, 5) is 27.3. The van der Waals surface area contributed by atoms with Crippen LogP contribution in [0.5, 0.6) is 0 Å². The van der Waals surface area contributed by atoms with Crippen LogP contribution in [-0.4, -0.2) is 37.0 Å². The van der Waals surface area contributed by atoms with Crippen LogP contribution in [0.3, 0.4) is 0 Å². The number of Topliss-reactive ketones (excluding diaryl/α,β-unsaturated/α-hetero) is 1. The molecule has 1 amide bonds. The normalized spacial score (nSPS) is 10.7. The number of aromatic nitrogens is 4. The molecular weight excluding hydrogens is 314 g/mol. The summed E-state index contributed by atoms with van der Waals surface area (Å²) in [7, 11) is 0. The van der Waals surface area contributed by atoms with Crippen molar-refractivity contribution in [3.05, 3.63) is 48.3 Å². The zero-order valence-electron chi connectivity index (χ0n) is 12.3. The maximum Gasteiger partial charge on any atom is 0.255 e. The van der Waals surface area contributed by atoms with Crippen LogP contribution in [0.4, 0.5) is 5.69 Å². The van der Waals surface area contributed by atoms with Crippen molar-refractivity contribution in [1.82, 2.24) is 19.6 Å². The fourth-order valence-electron chi connectivity index (χ4n) is 1.94. The van der Waals surface area contributed by atoms with Crippen molar-refractivity contribution < 1.29 is 9.59 Å². The summed E-state index contributed by atoms with van der Waals surface area (Å²) in [5, 5.41) is 11.3. The topological polar surface area (TPSA) is 89.2 Å². The lowest BCUT2D eigenvalue weighted by atomic mass is 10.1. The molecule has 23 heavy (non-hydrogen) atoms. The number of carbonyl (C=O) groups excluding carboxylic acids is 2. The molecule has 0 atom stereocenters. The molecule has 0 radical (unpaired) electrons. The average Bonchev–Trinajstić information content (AvgIpc) is 2.97. The third kappa shape index (κ3) is 3.54. The number of thioether (sulfide) groups is 1. The van der Waals surface area contributed by atoms with Crippen LogP contribution in [0, 0.1) is 0 Å². The van der Waals surface area contributed by atoms with Crippen molar-refractivity contribution in [2.75, 3.05) is 11.1 Å². The van der Waals surface area contributed by atoms with Gasteiger partial charge < -0.3 is 5.32 Å². The average molecular weight is 327 g/mol. The molecule has 0 bridgehead atoms. The van der Waals surface area contributed by atoms with E-state index in [0.717, 1.165) is 0 Å². The predicted molar refractivity (Wildman–Crippen MR) is 86.6 cm³/mol. The van der Waals surface area contributed by atoms with Gasteiger partial charge in [-0.1, -0.05) is 11.8 Å². The fraction of sp³-hybridized carbons (Fsp3) is 0.133. The molecule has 116 valence electrons. The molecule has 2 heterocycles. The van der Waals surface area contributed by atoms with E-state index < -0.39 is 0 Å². The van der Waals surface area contributed by atoms with E-state index in [1.807, 2.05) is 0 Å². The Labute approximate surface area is 136 Å². The Kier molecular flexibility index (Phi) is 4.33. The number of fused-ring (bicyclic) bond motifs is 1. The van der Waals surface area contributed by atoms with Gasteiger partial charge in [0, 0.05) is 23.6 Å². The molecule has 0 spiro atoms. The molecule has 0 aliphatic heterocycles. The molecular formula is C15H13N5O2S. The quantitative estimate of drug-likeness (QED) is 0.570. The summed E-state index contributed by atoms with van der Waals surface area (Å²) < 4.78 is 1.72. The predicted octanol–water partition coefficient (Wildman–Crippen LogP) is 2.06. The van der Waals surface area contributed by atoms with Crippen LogP contribution in [-0.2, 0) is 4.79 Å². The summed E-state index contributed by atoms with van der Waals surface area (Å²) in [5.74, 6) is 0.525. The van der Waals surface area contributed by atoms with Gasteiger partial charge in [0.15, 0.2) is 10.9 Å². The highest BCUT2D eigenvalue weighted by Gasteiger charge is 2.10. The lowest BCUT2D eigenvalue weighted by molar-refractivity contribution is -0.113. The van der Waals surface area contributed by atoms with E-state index in [9.17, 15) is 9.59 Å². The summed E-state index contributed by atoms with van der Waals surface area (Å²) in [6.45, 7) is 1.50. The van der Waals surface area contributed by atoms with Gasteiger partial charge in [0.05, 0.1) is 5.75 Å². The Morgan fingerprint density at radius 3 is 2.74 bits per heavy atom. The van der Waals surface area contributed by atoms with Crippen LogP contribution in [0.2, 0.25) is 0 Å². The van der Waals surface area contributed by atoms with Crippen molar-refractivity contribution in [2.24, 2.45) is 0 Å². The van der Waals surface area contributed by atoms with Gasteiger partial charge in [-0.15, -0.1) is 10.2 Å². The lowest BCUT2D eigenvalue weighted by Gasteiger charge is -2.05. The number of benzene rings is 1. The molecule has 3 rings (SSSR count). The Morgan fingerprint density at radius 1 is 1.22 bits per heavy atom. The number of rotatable bonds is 5. The minimum Gasteiger partial charge on any atom is -0.325 e. The minimum atomic E-state index is -0.161. The first kappa shape index (κ1) is 15.2. The Balaban J connectivity index is 1.60. The second-order valence-electron chi connectivity index (χ2n) is 4.74. The molecule has 0 fully saturated rings. The highest BCUT2D eigenvalue weighted by atomic mass is 32.2. The number of amides is 1. The highest BCUT2D eigenvalue weighted by molar-refractivity contribution is 7.99. The standard InChI is InChI=1S/C15H13N5O2S/c1-10(21)11-3-5-12(6-4-11)17-13(22)9-23-15-19-18-14-16-7-2-8-20(14)15/h2-8H,9H2,1H3,(H,17,22). The van der Waals surface area contributed by atoms with Gasteiger partial charge in [-0.05, 0) is 37.3 Å². The smallest absolute Gasteiger partial charge is 0.255 e. The number of hydrogen-bond acceptors (Lipinski definition) is 6. The van der Waals surface area contributed by atoms with Gasteiger partial charge in [-0.2, -0.15) is 0 Å². The van der Waals surface area contributed by atoms with Gasteiger partial charge >= 0.3 is 0 Å². The highest BCUT2D eigenvalue weighted by Crippen LogP contribution is 2.16. The number of ketones is 1. The molecule has 2 aromatic heterocycles. The van der Waals surface area contributed by atoms with Crippen molar-refractivity contribution in [1.29, 1.82) is 0 Å². The molecule has 1 N–H and O–H groups in total. The zero-order valence-corrected chi connectivity index (χ0v) is 13.1. The second kappa shape index (κ2) is 6.57. The van der Waals surface area contributed by atoms with Crippen LogP contribution < -0.4 is 5.32 Å². The number of hydrogen-bond donors (Lipinski definition) is 1. The van der Waals surface area contributed by atoms with Gasteiger partial charge in [0.25, 0.3) is 5.78 Å². The molecule has 3 aromatic rings. The van der Waals surface area contributed by atoms with E-state index in [0.29, 0.717) is 22.2 Å². The van der Waals surface area contributed by atoms with Crippen LogP contribution >= 0.6 is 11.8 Å². The summed E-state index contributed by atoms with van der Waals surface area (Å²) in [6, 6.07) is 8.55. The molecule has 0 saturated carbocycles. The third-order valence-corrected chi connectivity index (χ3v) is 4.01. The first-order chi connectivity index (χ1) is 11.1. The van der Waals surface area contributed by atoms with Crippen molar-refractivity contribution in [3.8, 4) is 0 Å². The number of carbonyl (C=O) groups is 2. The monoisotopic (exact) mass is 327 g/mol. The largest absolute Gasteiger partial charge is 0.325 e. The van der Waals surface area contributed by atoms with Gasteiger partial charge in [-0.3, -0.25) is 14.0 Å². The number of nitrogens with one attached hydrogen (secondary N) is 1. The molecule has 0 aliphatic rings. The molecule has 8 heteroatoms. The van der Waals surface area contributed by atoms with Gasteiger partial charge in [-0.25, -0.2) is 4.98 Å². The maximum atomic E-state index is 12.0. The van der Waals surface area contributed by atoms with Gasteiger partial charge in [0.1, 0.15) is 0 Å². The SMILES string of the molecule is CC(=O)c1ccc(NC(=O)CSc2nnc3ncccn23)cc1. The van der Waals surface area contributed by atoms with Crippen molar-refractivity contribution in [3.63, 3.8) is 0 Å². The van der Waals surface area contributed by atoms with E-state index >= 15 is 0 Å². The second-order valence-corrected chi connectivity index (χ2v) is 5.69. The molecule has 7 nitrogen and oxygen atoms in total. The third-order valence-electron chi connectivity index (χ3n) is 3.07. The zero-order chi connectivity index (χ0) is 16.2. The van der Waals surface area contributed by atoms with Gasteiger partial charge in [0.2, 0.25) is 5.91 Å². The molecule has 0 unspecified atom stereocenters. The maximum absolute atomic E-state index is 12.0.